The minimum atomic E-state index is 0.988. The Bertz CT molecular complexity index is 379. The second-order valence-corrected chi connectivity index (χ2v) is 4.13. The highest BCUT2D eigenvalue weighted by molar-refractivity contribution is 7.99. The van der Waals surface area contributed by atoms with E-state index >= 15 is 0 Å². The third kappa shape index (κ3) is 2.38. The third-order valence-corrected chi connectivity index (χ3v) is 2.73. The summed E-state index contributed by atoms with van der Waals surface area (Å²) in [6.45, 7) is 2.01. The normalized spacial score (nSPS) is 10.6. The van der Waals surface area contributed by atoms with E-state index in [4.69, 9.17) is 0 Å². The summed E-state index contributed by atoms with van der Waals surface area (Å²) < 4.78 is 0. The Morgan fingerprint density at radius 2 is 2.36 bits per heavy atom. The van der Waals surface area contributed by atoms with Gasteiger partial charge in [-0.15, -0.1) is 0 Å². The molecule has 0 bridgehead atoms. The first-order chi connectivity index (χ1) is 6.84. The fourth-order valence-electron chi connectivity index (χ4n) is 1.14. The lowest BCUT2D eigenvalue weighted by molar-refractivity contribution is 1.02. The number of H-pyrrole nitrogens is 2. The predicted molar refractivity (Wildman–Crippen MR) is 56.3 cm³/mol. The molecule has 0 saturated heterocycles. The van der Waals surface area contributed by atoms with Crippen LogP contribution >= 0.6 is 11.8 Å². The van der Waals surface area contributed by atoms with E-state index in [9.17, 15) is 0 Å². The third-order valence-electron chi connectivity index (χ3n) is 1.84. The molecule has 0 amide bonds. The van der Waals surface area contributed by atoms with E-state index in [0.717, 1.165) is 23.0 Å². The van der Waals surface area contributed by atoms with Crippen molar-refractivity contribution in [3.63, 3.8) is 0 Å². The van der Waals surface area contributed by atoms with Gasteiger partial charge in [-0.05, 0) is 13.3 Å². The molecular weight excluding hydrogens is 196 g/mol. The Balaban J connectivity index is 1.78. The van der Waals surface area contributed by atoms with E-state index in [-0.39, 0.29) is 0 Å². The fourth-order valence-corrected chi connectivity index (χ4v) is 2.02. The van der Waals surface area contributed by atoms with Gasteiger partial charge in [-0.2, -0.15) is 0 Å². The lowest BCUT2D eigenvalue weighted by Gasteiger charge is -1.95. The average Bonchev–Trinajstić information content (AvgIpc) is 2.77. The van der Waals surface area contributed by atoms with Crippen LogP contribution in [0, 0.1) is 6.92 Å². The highest BCUT2D eigenvalue weighted by Gasteiger charge is 1.99. The van der Waals surface area contributed by atoms with Crippen LogP contribution in [0.25, 0.3) is 0 Å². The number of nitrogens with one attached hydrogen (secondary N) is 2. The van der Waals surface area contributed by atoms with Crippen molar-refractivity contribution in [2.24, 2.45) is 0 Å². The first-order valence-corrected chi connectivity index (χ1v) is 5.45. The molecule has 2 aromatic heterocycles. The van der Waals surface area contributed by atoms with Crippen molar-refractivity contribution in [3.05, 3.63) is 30.1 Å². The maximum Gasteiger partial charge on any atom is 0.165 e. The van der Waals surface area contributed by atoms with Crippen molar-refractivity contribution in [2.75, 3.05) is 5.75 Å². The van der Waals surface area contributed by atoms with Crippen LogP contribution in [0.15, 0.2) is 23.9 Å². The summed E-state index contributed by atoms with van der Waals surface area (Å²) in [6, 6.07) is 0. The average molecular weight is 208 g/mol. The number of nitrogens with zero attached hydrogens (tertiary/aromatic N) is 2. The smallest absolute Gasteiger partial charge is 0.165 e. The highest BCUT2D eigenvalue weighted by Crippen LogP contribution is 2.14. The second kappa shape index (κ2) is 4.32. The molecule has 0 aliphatic heterocycles. The minimum absolute atomic E-state index is 0.988. The maximum atomic E-state index is 4.22. The maximum absolute atomic E-state index is 4.22. The first-order valence-electron chi connectivity index (χ1n) is 4.46. The number of rotatable bonds is 4. The van der Waals surface area contributed by atoms with Gasteiger partial charge in [0.2, 0.25) is 0 Å². The lowest BCUT2D eigenvalue weighted by atomic mass is 10.4. The molecule has 0 aliphatic carbocycles. The number of hydrogen-bond donors (Lipinski definition) is 2. The minimum Gasteiger partial charge on any atom is -0.348 e. The van der Waals surface area contributed by atoms with Gasteiger partial charge in [-0.25, -0.2) is 9.97 Å². The van der Waals surface area contributed by atoms with E-state index in [1.807, 2.05) is 19.3 Å². The first kappa shape index (κ1) is 9.33. The highest BCUT2D eigenvalue weighted by atomic mass is 32.2. The Hall–Kier alpha value is -1.23. The zero-order valence-electron chi connectivity index (χ0n) is 7.95. The number of hydrogen-bond acceptors (Lipinski definition) is 3. The molecule has 2 heterocycles. The number of aromatic amines is 2. The SMILES string of the molecule is Cc1cnc(SCCc2cnc[nH]2)[nH]1. The molecule has 2 aromatic rings. The fraction of sp³-hybridized carbons (Fsp3) is 0.333. The van der Waals surface area contributed by atoms with Gasteiger partial charge in [0.25, 0.3) is 0 Å². The van der Waals surface area contributed by atoms with Crippen LogP contribution in [-0.2, 0) is 6.42 Å². The molecule has 0 atom stereocenters. The van der Waals surface area contributed by atoms with Gasteiger partial charge >= 0.3 is 0 Å². The number of imidazole rings is 2. The summed E-state index contributed by atoms with van der Waals surface area (Å²) in [6.07, 6.45) is 6.40. The van der Waals surface area contributed by atoms with Crippen LogP contribution in [0.5, 0.6) is 0 Å². The van der Waals surface area contributed by atoms with E-state index in [1.165, 1.54) is 5.69 Å². The molecule has 0 radical (unpaired) electrons. The van der Waals surface area contributed by atoms with Crippen LogP contribution in [0.2, 0.25) is 0 Å². The van der Waals surface area contributed by atoms with Gasteiger partial charge in [-0.3, -0.25) is 0 Å². The summed E-state index contributed by atoms with van der Waals surface area (Å²) in [5.41, 5.74) is 2.27. The molecule has 0 aliphatic rings. The largest absolute Gasteiger partial charge is 0.348 e. The van der Waals surface area contributed by atoms with E-state index in [2.05, 4.69) is 19.9 Å². The quantitative estimate of drug-likeness (QED) is 0.753. The molecule has 0 fully saturated rings. The van der Waals surface area contributed by atoms with Crippen molar-refractivity contribution < 1.29 is 0 Å². The molecule has 0 unspecified atom stereocenters. The predicted octanol–water partition coefficient (Wildman–Crippen LogP) is 1.78. The standard InChI is InChI=1S/C9H12N4S/c1-7-4-11-9(13-7)14-3-2-8-5-10-6-12-8/h4-6H,2-3H2,1H3,(H,10,12)(H,11,13). The zero-order chi connectivity index (χ0) is 9.80. The number of thioether (sulfide) groups is 1. The molecule has 5 heteroatoms. The molecule has 0 saturated carbocycles. The van der Waals surface area contributed by atoms with Crippen LogP contribution in [0.3, 0.4) is 0 Å². The number of aromatic nitrogens is 4. The Morgan fingerprint density at radius 1 is 1.43 bits per heavy atom. The van der Waals surface area contributed by atoms with Crippen LogP contribution < -0.4 is 0 Å². The van der Waals surface area contributed by atoms with E-state index < -0.39 is 0 Å². The van der Waals surface area contributed by atoms with Crippen LogP contribution in [0.1, 0.15) is 11.4 Å². The molecule has 2 rings (SSSR count). The van der Waals surface area contributed by atoms with Crippen molar-refractivity contribution in [1.29, 1.82) is 0 Å². The van der Waals surface area contributed by atoms with Gasteiger partial charge in [0, 0.05) is 29.5 Å². The summed E-state index contributed by atoms with van der Waals surface area (Å²) in [7, 11) is 0. The van der Waals surface area contributed by atoms with Gasteiger partial charge in [0.05, 0.1) is 6.33 Å². The van der Waals surface area contributed by atoms with E-state index in [0.29, 0.717) is 0 Å². The molecular formula is C9H12N4S. The van der Waals surface area contributed by atoms with Gasteiger partial charge in [0.15, 0.2) is 5.16 Å². The Kier molecular flexibility index (Phi) is 2.88. The summed E-state index contributed by atoms with van der Waals surface area (Å²) in [5.74, 6) is 1.01. The van der Waals surface area contributed by atoms with Crippen LogP contribution in [-0.4, -0.2) is 25.7 Å². The summed E-state index contributed by atoms with van der Waals surface area (Å²) in [5, 5.41) is 0.988. The van der Waals surface area contributed by atoms with Crippen LogP contribution in [0.4, 0.5) is 0 Å². The van der Waals surface area contributed by atoms with E-state index in [1.54, 1.807) is 18.1 Å². The summed E-state index contributed by atoms with van der Waals surface area (Å²) in [4.78, 5) is 14.4. The molecule has 0 spiro atoms. The number of aryl methyl sites for hydroxylation is 2. The van der Waals surface area contributed by atoms with Crippen molar-refractivity contribution in [3.8, 4) is 0 Å². The molecule has 4 nitrogen and oxygen atoms in total. The second-order valence-electron chi connectivity index (χ2n) is 3.05. The van der Waals surface area contributed by atoms with Crippen molar-refractivity contribution in [1.82, 2.24) is 19.9 Å². The Labute approximate surface area is 86.6 Å². The van der Waals surface area contributed by atoms with Gasteiger partial charge in [0.1, 0.15) is 0 Å². The van der Waals surface area contributed by atoms with Crippen molar-refractivity contribution >= 4 is 11.8 Å². The molecule has 0 aromatic carbocycles. The summed E-state index contributed by atoms with van der Waals surface area (Å²) >= 11 is 1.73. The van der Waals surface area contributed by atoms with Gasteiger partial charge < -0.3 is 9.97 Å². The topological polar surface area (TPSA) is 57.4 Å². The van der Waals surface area contributed by atoms with Crippen molar-refractivity contribution in [2.45, 2.75) is 18.5 Å². The zero-order valence-corrected chi connectivity index (χ0v) is 8.77. The molecule has 74 valence electrons. The monoisotopic (exact) mass is 208 g/mol. The molecule has 2 N–H and O–H groups in total. The molecule has 14 heavy (non-hydrogen) atoms. The Morgan fingerprint density at radius 3 is 3.00 bits per heavy atom. The lowest BCUT2D eigenvalue weighted by Crippen LogP contribution is -1.88. The van der Waals surface area contributed by atoms with Gasteiger partial charge in [-0.1, -0.05) is 11.8 Å².